The second-order valence-electron chi connectivity index (χ2n) is 4.54. The molecule has 3 rings (SSSR count). The molecule has 98 valence electrons. The first-order valence-electron chi connectivity index (χ1n) is 6.07. The first kappa shape index (κ1) is 11.8. The Morgan fingerprint density at radius 3 is 2.58 bits per heavy atom. The number of aromatic nitrogens is 1. The van der Waals surface area contributed by atoms with Gasteiger partial charge in [-0.3, -0.25) is 0 Å². The summed E-state index contributed by atoms with van der Waals surface area (Å²) in [5.41, 5.74) is 1.31. The van der Waals surface area contributed by atoms with E-state index in [1.807, 2.05) is 0 Å². The highest BCUT2D eigenvalue weighted by Crippen LogP contribution is 2.42. The molecule has 1 aromatic carbocycles. The van der Waals surface area contributed by atoms with Gasteiger partial charge in [0.05, 0.1) is 12.8 Å². The topological polar surface area (TPSA) is 72.6 Å². The molecule has 0 atom stereocenters. The molecule has 0 amide bonds. The van der Waals surface area contributed by atoms with Crippen LogP contribution < -0.4 is 4.74 Å². The zero-order valence-electron chi connectivity index (χ0n) is 10.4. The molecule has 1 aliphatic carbocycles. The number of carboxylic acid groups (broad SMARTS) is 1. The van der Waals surface area contributed by atoms with Crippen LogP contribution in [0.3, 0.4) is 0 Å². The summed E-state index contributed by atoms with van der Waals surface area (Å²) in [6.07, 6.45) is 1.96. The molecular formula is C14H13NO4. The highest BCUT2D eigenvalue weighted by atomic mass is 16.5. The molecule has 1 aromatic heterocycles. The average molecular weight is 259 g/mol. The Morgan fingerprint density at radius 2 is 2.05 bits per heavy atom. The summed E-state index contributed by atoms with van der Waals surface area (Å²) in [4.78, 5) is 15.5. The number of oxazole rings is 1. The van der Waals surface area contributed by atoms with Crippen molar-refractivity contribution in [3.05, 3.63) is 35.7 Å². The van der Waals surface area contributed by atoms with Gasteiger partial charge in [-0.25, -0.2) is 9.78 Å². The summed E-state index contributed by atoms with van der Waals surface area (Å²) in [6.45, 7) is 0. The van der Waals surface area contributed by atoms with Crippen molar-refractivity contribution in [3.63, 3.8) is 0 Å². The predicted molar refractivity (Wildman–Crippen MR) is 67.4 cm³/mol. The van der Waals surface area contributed by atoms with Gasteiger partial charge in [0.2, 0.25) is 11.7 Å². The molecular weight excluding hydrogens is 246 g/mol. The Bertz CT molecular complexity index is 611. The van der Waals surface area contributed by atoms with Crippen LogP contribution in [0.25, 0.3) is 11.5 Å². The molecule has 5 nitrogen and oxygen atoms in total. The van der Waals surface area contributed by atoms with E-state index in [1.165, 1.54) is 0 Å². The second-order valence-corrected chi connectivity index (χ2v) is 4.54. The fourth-order valence-electron chi connectivity index (χ4n) is 1.98. The SMILES string of the molecule is COc1ccc(-c2nc(C3CC3)c(C(=O)O)o2)cc1. The van der Waals surface area contributed by atoms with Gasteiger partial charge in [0, 0.05) is 11.5 Å². The highest BCUT2D eigenvalue weighted by molar-refractivity contribution is 5.86. The van der Waals surface area contributed by atoms with E-state index in [0.29, 0.717) is 11.6 Å². The van der Waals surface area contributed by atoms with Crippen molar-refractivity contribution >= 4 is 5.97 Å². The molecule has 0 unspecified atom stereocenters. The van der Waals surface area contributed by atoms with Crippen molar-refractivity contribution in [3.8, 4) is 17.2 Å². The Kier molecular flexibility index (Phi) is 2.74. The molecule has 1 aliphatic rings. The molecule has 19 heavy (non-hydrogen) atoms. The number of benzene rings is 1. The zero-order chi connectivity index (χ0) is 13.4. The van der Waals surface area contributed by atoms with Crippen LogP contribution in [0.2, 0.25) is 0 Å². The Balaban J connectivity index is 1.99. The molecule has 0 bridgehead atoms. The van der Waals surface area contributed by atoms with Crippen LogP contribution in [0.5, 0.6) is 5.75 Å². The maximum atomic E-state index is 11.1. The van der Waals surface area contributed by atoms with Gasteiger partial charge in [0.1, 0.15) is 5.75 Å². The maximum absolute atomic E-state index is 11.1. The van der Waals surface area contributed by atoms with Crippen molar-refractivity contribution in [2.75, 3.05) is 7.11 Å². The summed E-state index contributed by atoms with van der Waals surface area (Å²) >= 11 is 0. The van der Waals surface area contributed by atoms with E-state index in [2.05, 4.69) is 4.98 Å². The van der Waals surface area contributed by atoms with Crippen LogP contribution >= 0.6 is 0 Å². The minimum atomic E-state index is -1.06. The van der Waals surface area contributed by atoms with Crippen LogP contribution in [0.1, 0.15) is 35.0 Å². The molecule has 1 saturated carbocycles. The standard InChI is InChI=1S/C14H13NO4/c1-18-10-6-4-9(5-7-10)13-15-11(8-2-3-8)12(19-13)14(16)17/h4-8H,2-3H2,1H3,(H,16,17). The lowest BCUT2D eigenvalue weighted by molar-refractivity contribution is 0.0661. The van der Waals surface area contributed by atoms with Crippen molar-refractivity contribution in [2.45, 2.75) is 18.8 Å². The third-order valence-electron chi connectivity index (χ3n) is 3.15. The number of hydrogen-bond acceptors (Lipinski definition) is 4. The van der Waals surface area contributed by atoms with Crippen LogP contribution in [0.15, 0.2) is 28.7 Å². The quantitative estimate of drug-likeness (QED) is 0.913. The molecule has 0 radical (unpaired) electrons. The molecule has 1 N–H and O–H groups in total. The highest BCUT2D eigenvalue weighted by Gasteiger charge is 2.33. The lowest BCUT2D eigenvalue weighted by atomic mass is 10.2. The largest absolute Gasteiger partial charge is 0.497 e. The summed E-state index contributed by atoms with van der Waals surface area (Å²) in [5, 5.41) is 9.13. The Labute approximate surface area is 109 Å². The monoisotopic (exact) mass is 259 g/mol. The molecule has 2 aromatic rings. The van der Waals surface area contributed by atoms with E-state index in [-0.39, 0.29) is 11.7 Å². The number of carbonyl (C=O) groups is 1. The summed E-state index contributed by atoms with van der Waals surface area (Å²) in [7, 11) is 1.59. The fraction of sp³-hybridized carbons (Fsp3) is 0.286. The van der Waals surface area contributed by atoms with E-state index in [4.69, 9.17) is 14.3 Å². The van der Waals surface area contributed by atoms with Crippen LogP contribution in [-0.4, -0.2) is 23.2 Å². The molecule has 0 aliphatic heterocycles. The van der Waals surface area contributed by atoms with E-state index < -0.39 is 5.97 Å². The minimum Gasteiger partial charge on any atom is -0.497 e. The first-order valence-corrected chi connectivity index (χ1v) is 6.07. The van der Waals surface area contributed by atoms with Crippen LogP contribution in [-0.2, 0) is 0 Å². The van der Waals surface area contributed by atoms with Crippen LogP contribution in [0, 0.1) is 0 Å². The molecule has 0 saturated heterocycles. The number of carboxylic acids is 1. The third kappa shape index (κ3) is 2.19. The van der Waals surface area contributed by atoms with E-state index in [1.54, 1.807) is 31.4 Å². The van der Waals surface area contributed by atoms with Crippen LogP contribution in [0.4, 0.5) is 0 Å². The van der Waals surface area contributed by atoms with E-state index in [0.717, 1.165) is 24.2 Å². The molecule has 5 heteroatoms. The number of aromatic carboxylic acids is 1. The van der Waals surface area contributed by atoms with Gasteiger partial charge in [-0.05, 0) is 37.1 Å². The smallest absolute Gasteiger partial charge is 0.373 e. The summed E-state index contributed by atoms with van der Waals surface area (Å²) in [6, 6.07) is 7.17. The number of nitrogens with zero attached hydrogens (tertiary/aromatic N) is 1. The summed E-state index contributed by atoms with van der Waals surface area (Å²) < 4.78 is 10.5. The molecule has 0 spiro atoms. The Hall–Kier alpha value is -2.30. The molecule has 1 fully saturated rings. The normalized spacial score (nSPS) is 14.4. The van der Waals surface area contributed by atoms with E-state index >= 15 is 0 Å². The summed E-state index contributed by atoms with van der Waals surface area (Å²) in [5.74, 6) is 0.225. The lowest BCUT2D eigenvalue weighted by Crippen LogP contribution is -1.98. The zero-order valence-corrected chi connectivity index (χ0v) is 10.4. The van der Waals surface area contributed by atoms with Gasteiger partial charge in [-0.2, -0.15) is 0 Å². The van der Waals surface area contributed by atoms with Gasteiger partial charge in [0.25, 0.3) is 0 Å². The lowest BCUT2D eigenvalue weighted by Gasteiger charge is -1.99. The maximum Gasteiger partial charge on any atom is 0.373 e. The second kappa shape index (κ2) is 4.42. The Morgan fingerprint density at radius 1 is 1.37 bits per heavy atom. The van der Waals surface area contributed by atoms with Crippen molar-refractivity contribution in [1.29, 1.82) is 0 Å². The number of hydrogen-bond donors (Lipinski definition) is 1. The molecule has 1 heterocycles. The fourth-order valence-corrected chi connectivity index (χ4v) is 1.98. The van der Waals surface area contributed by atoms with Crippen molar-refractivity contribution < 1.29 is 19.1 Å². The van der Waals surface area contributed by atoms with Gasteiger partial charge < -0.3 is 14.3 Å². The van der Waals surface area contributed by atoms with Crippen molar-refractivity contribution in [2.24, 2.45) is 0 Å². The van der Waals surface area contributed by atoms with Gasteiger partial charge in [-0.1, -0.05) is 0 Å². The van der Waals surface area contributed by atoms with Gasteiger partial charge in [0.15, 0.2) is 0 Å². The number of methoxy groups -OCH3 is 1. The third-order valence-corrected chi connectivity index (χ3v) is 3.15. The minimum absolute atomic E-state index is 0.0340. The number of ether oxygens (including phenoxy) is 1. The predicted octanol–water partition coefficient (Wildman–Crippen LogP) is 2.93. The van der Waals surface area contributed by atoms with Crippen molar-refractivity contribution in [1.82, 2.24) is 4.98 Å². The van der Waals surface area contributed by atoms with E-state index in [9.17, 15) is 4.79 Å². The van der Waals surface area contributed by atoms with Gasteiger partial charge in [-0.15, -0.1) is 0 Å². The first-order chi connectivity index (χ1) is 9.19. The van der Waals surface area contributed by atoms with Gasteiger partial charge >= 0.3 is 5.97 Å². The number of rotatable bonds is 4. The average Bonchev–Trinajstić information content (AvgIpc) is 3.17.